The van der Waals surface area contributed by atoms with Crippen LogP contribution in [-0.2, 0) is 11.8 Å². The molecule has 0 fully saturated rings. The zero-order chi connectivity index (χ0) is 10.1. The second-order valence-corrected chi connectivity index (χ2v) is 2.98. The predicted octanol–water partition coefficient (Wildman–Crippen LogP) is 1.24. The fourth-order valence-corrected chi connectivity index (χ4v) is 1.36. The Morgan fingerprint density at radius 2 is 2.36 bits per heavy atom. The van der Waals surface area contributed by atoms with Crippen LogP contribution < -0.4 is 0 Å². The van der Waals surface area contributed by atoms with Crippen LogP contribution >= 0.6 is 0 Å². The number of rotatable bonds is 1. The molecule has 5 nitrogen and oxygen atoms in total. The third-order valence-corrected chi connectivity index (χ3v) is 1.98. The molecule has 0 saturated heterocycles. The highest BCUT2D eigenvalue weighted by atomic mass is 16.1. The molecule has 0 unspecified atom stereocenters. The van der Waals surface area contributed by atoms with Crippen LogP contribution in [0.25, 0.3) is 11.0 Å². The predicted molar refractivity (Wildman–Crippen MR) is 51.0 cm³/mol. The molecule has 14 heavy (non-hydrogen) atoms. The van der Waals surface area contributed by atoms with Crippen LogP contribution in [0.1, 0.15) is 5.82 Å². The minimum Gasteiger partial charge on any atom is -0.333 e. The minimum atomic E-state index is 0.553. The average molecular weight is 188 g/mol. The number of aliphatic imine (C=N–C) groups is 1. The lowest BCUT2D eigenvalue weighted by molar-refractivity contribution is 0.565. The molecule has 2 rings (SSSR count). The maximum atomic E-state index is 10.2. The SMILES string of the molecule is Cc1ncc2c(N=C=O)cn(C)c2n1. The minimum absolute atomic E-state index is 0.553. The summed E-state index contributed by atoms with van der Waals surface area (Å²) in [7, 11) is 1.85. The van der Waals surface area contributed by atoms with Crippen molar-refractivity contribution in [1.82, 2.24) is 14.5 Å². The van der Waals surface area contributed by atoms with Gasteiger partial charge in [-0.15, -0.1) is 0 Å². The number of carbonyl (C=O) groups excluding carboxylic acids is 1. The van der Waals surface area contributed by atoms with Crippen molar-refractivity contribution >= 4 is 22.8 Å². The molecule has 0 amide bonds. The Labute approximate surface area is 80.1 Å². The van der Waals surface area contributed by atoms with Gasteiger partial charge in [-0.1, -0.05) is 0 Å². The van der Waals surface area contributed by atoms with Crippen molar-refractivity contribution in [2.75, 3.05) is 0 Å². The largest absolute Gasteiger partial charge is 0.333 e. The zero-order valence-electron chi connectivity index (χ0n) is 7.85. The van der Waals surface area contributed by atoms with Crippen molar-refractivity contribution in [3.63, 3.8) is 0 Å². The van der Waals surface area contributed by atoms with Gasteiger partial charge in [-0.2, -0.15) is 4.99 Å². The fourth-order valence-electron chi connectivity index (χ4n) is 1.36. The van der Waals surface area contributed by atoms with Gasteiger partial charge in [0.25, 0.3) is 0 Å². The highest BCUT2D eigenvalue weighted by Crippen LogP contribution is 2.24. The summed E-state index contributed by atoms with van der Waals surface area (Å²) in [5, 5.41) is 0.765. The summed E-state index contributed by atoms with van der Waals surface area (Å²) in [4.78, 5) is 22.0. The molecule has 0 spiro atoms. The molecule has 0 aliphatic rings. The normalized spacial score (nSPS) is 10.1. The molecule has 0 N–H and O–H groups in total. The Morgan fingerprint density at radius 3 is 3.07 bits per heavy atom. The summed E-state index contributed by atoms with van der Waals surface area (Å²) < 4.78 is 1.81. The number of hydrogen-bond acceptors (Lipinski definition) is 4. The van der Waals surface area contributed by atoms with Gasteiger partial charge in [-0.3, -0.25) is 0 Å². The number of isocyanates is 1. The van der Waals surface area contributed by atoms with Crippen molar-refractivity contribution in [2.24, 2.45) is 12.0 Å². The molecule has 2 aromatic rings. The molecule has 0 aromatic carbocycles. The molecule has 0 bridgehead atoms. The van der Waals surface area contributed by atoms with E-state index in [4.69, 9.17) is 0 Å². The first-order chi connectivity index (χ1) is 6.72. The van der Waals surface area contributed by atoms with Crippen molar-refractivity contribution in [3.05, 3.63) is 18.2 Å². The van der Waals surface area contributed by atoms with Crippen LogP contribution in [0.5, 0.6) is 0 Å². The Kier molecular flexibility index (Phi) is 1.87. The summed E-state index contributed by atoms with van der Waals surface area (Å²) in [6.45, 7) is 1.81. The standard InChI is InChI=1S/C9H8N4O/c1-6-10-3-7-8(11-5-14)4-13(2)9(7)12-6/h3-4H,1-2H3. The van der Waals surface area contributed by atoms with Crippen LogP contribution in [0, 0.1) is 6.92 Å². The number of aromatic nitrogens is 3. The summed E-state index contributed by atoms with van der Waals surface area (Å²) in [5.74, 6) is 0.695. The van der Waals surface area contributed by atoms with Crippen LogP contribution in [0.3, 0.4) is 0 Å². The monoisotopic (exact) mass is 188 g/mol. The molecule has 0 atom stereocenters. The lowest BCUT2D eigenvalue weighted by Crippen LogP contribution is -1.91. The van der Waals surface area contributed by atoms with Crippen molar-refractivity contribution < 1.29 is 4.79 Å². The smallest absolute Gasteiger partial charge is 0.240 e. The van der Waals surface area contributed by atoms with Gasteiger partial charge in [-0.25, -0.2) is 14.8 Å². The highest BCUT2D eigenvalue weighted by molar-refractivity contribution is 5.89. The van der Waals surface area contributed by atoms with E-state index in [1.807, 2.05) is 14.0 Å². The second kappa shape index (κ2) is 3.05. The van der Waals surface area contributed by atoms with Crippen molar-refractivity contribution in [3.8, 4) is 0 Å². The Balaban J connectivity index is 2.83. The molecule has 70 valence electrons. The van der Waals surface area contributed by atoms with E-state index in [1.165, 1.54) is 6.08 Å². The number of fused-ring (bicyclic) bond motifs is 1. The number of nitrogens with zero attached hydrogens (tertiary/aromatic N) is 4. The van der Waals surface area contributed by atoms with Crippen LogP contribution in [0.15, 0.2) is 17.4 Å². The number of hydrogen-bond donors (Lipinski definition) is 0. The average Bonchev–Trinajstić information content (AvgIpc) is 2.44. The van der Waals surface area contributed by atoms with Gasteiger partial charge in [0.2, 0.25) is 6.08 Å². The van der Waals surface area contributed by atoms with E-state index < -0.39 is 0 Å². The Hall–Kier alpha value is -2.00. The zero-order valence-corrected chi connectivity index (χ0v) is 7.85. The summed E-state index contributed by atoms with van der Waals surface area (Å²) in [5.41, 5.74) is 1.32. The first kappa shape index (κ1) is 8.59. The summed E-state index contributed by atoms with van der Waals surface area (Å²) in [6, 6.07) is 0. The molecule has 0 radical (unpaired) electrons. The van der Waals surface area contributed by atoms with Gasteiger partial charge in [-0.05, 0) is 6.92 Å². The van der Waals surface area contributed by atoms with Crippen LogP contribution in [-0.4, -0.2) is 20.6 Å². The molecule has 5 heteroatoms. The van der Waals surface area contributed by atoms with E-state index in [0.717, 1.165) is 11.0 Å². The lowest BCUT2D eigenvalue weighted by atomic mass is 10.3. The van der Waals surface area contributed by atoms with E-state index >= 15 is 0 Å². The maximum Gasteiger partial charge on any atom is 0.240 e. The van der Waals surface area contributed by atoms with Crippen molar-refractivity contribution in [2.45, 2.75) is 6.92 Å². The van der Waals surface area contributed by atoms with Crippen LogP contribution in [0.4, 0.5) is 5.69 Å². The van der Waals surface area contributed by atoms with Gasteiger partial charge in [0.15, 0.2) is 0 Å². The lowest BCUT2D eigenvalue weighted by Gasteiger charge is -1.94. The molecular weight excluding hydrogens is 180 g/mol. The van der Waals surface area contributed by atoms with Crippen LogP contribution in [0.2, 0.25) is 0 Å². The van der Waals surface area contributed by atoms with Crippen molar-refractivity contribution in [1.29, 1.82) is 0 Å². The van der Waals surface area contributed by atoms with Gasteiger partial charge < -0.3 is 4.57 Å². The molecule has 0 aliphatic carbocycles. The summed E-state index contributed by atoms with van der Waals surface area (Å²) in [6.07, 6.45) is 4.90. The van der Waals surface area contributed by atoms with Gasteiger partial charge in [0.05, 0.1) is 5.39 Å². The van der Waals surface area contributed by atoms with E-state index in [1.54, 1.807) is 17.0 Å². The topological polar surface area (TPSA) is 60.1 Å². The Morgan fingerprint density at radius 1 is 1.57 bits per heavy atom. The fraction of sp³-hybridized carbons (Fsp3) is 0.222. The van der Waals surface area contributed by atoms with E-state index in [-0.39, 0.29) is 0 Å². The summed E-state index contributed by atoms with van der Waals surface area (Å²) >= 11 is 0. The third kappa shape index (κ3) is 1.20. The Bertz CT molecular complexity index is 537. The van der Waals surface area contributed by atoms with E-state index in [2.05, 4.69) is 15.0 Å². The van der Waals surface area contributed by atoms with Gasteiger partial charge in [0, 0.05) is 19.4 Å². The molecule has 0 aliphatic heterocycles. The number of aryl methyl sites for hydroxylation is 2. The molecular formula is C9H8N4O. The first-order valence-corrected chi connectivity index (χ1v) is 4.09. The van der Waals surface area contributed by atoms with Gasteiger partial charge in [0.1, 0.15) is 17.2 Å². The quantitative estimate of drug-likeness (QED) is 0.499. The molecule has 2 aromatic heterocycles. The molecule has 2 heterocycles. The third-order valence-electron chi connectivity index (χ3n) is 1.98. The second-order valence-electron chi connectivity index (χ2n) is 2.98. The van der Waals surface area contributed by atoms with E-state index in [9.17, 15) is 4.79 Å². The van der Waals surface area contributed by atoms with E-state index in [0.29, 0.717) is 11.5 Å². The highest BCUT2D eigenvalue weighted by Gasteiger charge is 2.07. The maximum absolute atomic E-state index is 10.2. The van der Waals surface area contributed by atoms with Gasteiger partial charge >= 0.3 is 0 Å². The molecule has 0 saturated carbocycles. The first-order valence-electron chi connectivity index (χ1n) is 4.09.